The zero-order valence-corrected chi connectivity index (χ0v) is 10.1. The molecule has 15 heavy (non-hydrogen) atoms. The summed E-state index contributed by atoms with van der Waals surface area (Å²) in [4.78, 5) is 2.32. The quantitative estimate of drug-likeness (QED) is 0.768. The molecule has 1 rings (SSSR count). The molecule has 0 unspecified atom stereocenters. The Kier molecular flexibility index (Phi) is 5.37. The average molecular weight is 206 g/mol. The van der Waals surface area contributed by atoms with Crippen LogP contribution in [0, 0.1) is 0 Å². The maximum atomic E-state index is 3.38. The molecule has 0 radical (unpaired) electrons. The van der Waals surface area contributed by atoms with Crippen molar-refractivity contribution in [2.45, 2.75) is 26.9 Å². The van der Waals surface area contributed by atoms with Gasteiger partial charge in [0.1, 0.15) is 0 Å². The largest absolute Gasteiger partial charge is 0.313 e. The van der Waals surface area contributed by atoms with Gasteiger partial charge < -0.3 is 10.2 Å². The zero-order valence-electron chi connectivity index (χ0n) is 10.1. The Balaban J connectivity index is 2.67. The van der Waals surface area contributed by atoms with Crippen molar-refractivity contribution in [3.63, 3.8) is 0 Å². The Hall–Kier alpha value is -0.860. The molecule has 1 N–H and O–H groups in total. The Morgan fingerprint density at radius 1 is 1.13 bits per heavy atom. The minimum Gasteiger partial charge on any atom is -0.313 e. The first kappa shape index (κ1) is 12.2. The summed E-state index contributed by atoms with van der Waals surface area (Å²) in [6.07, 6.45) is 0. The summed E-state index contributed by atoms with van der Waals surface area (Å²) in [7, 11) is 2.16. The van der Waals surface area contributed by atoms with Gasteiger partial charge in [-0.05, 0) is 31.3 Å². The lowest BCUT2D eigenvalue weighted by molar-refractivity contribution is 0.344. The van der Waals surface area contributed by atoms with Gasteiger partial charge in [0.05, 0.1) is 0 Å². The minimum absolute atomic E-state index is 0.976. The van der Waals surface area contributed by atoms with Crippen LogP contribution in [0.1, 0.15) is 25.0 Å². The van der Waals surface area contributed by atoms with Gasteiger partial charge >= 0.3 is 0 Å². The summed E-state index contributed by atoms with van der Waals surface area (Å²) in [6, 6.07) is 8.66. The van der Waals surface area contributed by atoms with Gasteiger partial charge in [-0.3, -0.25) is 0 Å². The van der Waals surface area contributed by atoms with Crippen molar-refractivity contribution < 1.29 is 0 Å². The van der Waals surface area contributed by atoms with E-state index < -0.39 is 0 Å². The second-order valence-electron chi connectivity index (χ2n) is 3.88. The molecule has 0 amide bonds. The van der Waals surface area contributed by atoms with Crippen molar-refractivity contribution in [2.24, 2.45) is 0 Å². The summed E-state index contributed by atoms with van der Waals surface area (Å²) in [5, 5.41) is 3.38. The Bertz CT molecular complexity index is 284. The fraction of sp³-hybridized carbons (Fsp3) is 0.538. The summed E-state index contributed by atoms with van der Waals surface area (Å²) >= 11 is 0. The van der Waals surface area contributed by atoms with E-state index in [1.54, 1.807) is 0 Å². The van der Waals surface area contributed by atoms with Crippen molar-refractivity contribution in [1.82, 2.24) is 10.2 Å². The van der Waals surface area contributed by atoms with Crippen molar-refractivity contribution in [3.8, 4) is 0 Å². The van der Waals surface area contributed by atoms with E-state index >= 15 is 0 Å². The highest BCUT2D eigenvalue weighted by molar-refractivity contribution is 5.26. The van der Waals surface area contributed by atoms with Crippen LogP contribution >= 0.6 is 0 Å². The molecule has 0 aliphatic rings. The molecule has 0 heterocycles. The van der Waals surface area contributed by atoms with Crippen LogP contribution in [-0.4, -0.2) is 25.0 Å². The van der Waals surface area contributed by atoms with Crippen molar-refractivity contribution in [3.05, 3.63) is 35.4 Å². The number of hydrogen-bond donors (Lipinski definition) is 1. The van der Waals surface area contributed by atoms with Crippen molar-refractivity contribution in [1.29, 1.82) is 0 Å². The predicted octanol–water partition coefficient (Wildman–Crippen LogP) is 2.25. The Labute approximate surface area is 93.3 Å². The van der Waals surface area contributed by atoms with Crippen LogP contribution in [0.15, 0.2) is 24.3 Å². The van der Waals surface area contributed by atoms with Gasteiger partial charge in [-0.1, -0.05) is 38.1 Å². The molecule has 84 valence electrons. The topological polar surface area (TPSA) is 15.3 Å². The molecule has 0 saturated carbocycles. The highest BCUT2D eigenvalue weighted by Gasteiger charge is 2.03. The lowest BCUT2D eigenvalue weighted by Crippen LogP contribution is -2.19. The van der Waals surface area contributed by atoms with Crippen LogP contribution < -0.4 is 5.32 Å². The lowest BCUT2D eigenvalue weighted by Gasteiger charge is -2.16. The molecular weight excluding hydrogens is 184 g/mol. The van der Waals surface area contributed by atoms with Crippen LogP contribution in [0.25, 0.3) is 0 Å². The summed E-state index contributed by atoms with van der Waals surface area (Å²) in [5.41, 5.74) is 2.85. The second-order valence-corrected chi connectivity index (χ2v) is 3.88. The van der Waals surface area contributed by atoms with Crippen LogP contribution in [0.3, 0.4) is 0 Å². The predicted molar refractivity (Wildman–Crippen MR) is 65.8 cm³/mol. The molecule has 0 spiro atoms. The van der Waals surface area contributed by atoms with E-state index in [0.29, 0.717) is 0 Å². The maximum Gasteiger partial charge on any atom is 0.0233 e. The van der Waals surface area contributed by atoms with Crippen LogP contribution in [0.2, 0.25) is 0 Å². The van der Waals surface area contributed by atoms with E-state index in [1.807, 2.05) is 0 Å². The number of nitrogens with zero attached hydrogens (tertiary/aromatic N) is 1. The first-order valence-electron chi connectivity index (χ1n) is 5.74. The molecule has 0 atom stereocenters. The number of nitrogens with one attached hydrogen (secondary N) is 1. The van der Waals surface area contributed by atoms with Crippen molar-refractivity contribution >= 4 is 0 Å². The standard InChI is InChI=1S/C13H22N2/c1-4-14-10-12-8-6-7-9-13(12)11-15(3)5-2/h6-9,14H,4-5,10-11H2,1-3H3. The van der Waals surface area contributed by atoms with E-state index in [2.05, 4.69) is 55.4 Å². The number of benzene rings is 1. The van der Waals surface area contributed by atoms with E-state index in [1.165, 1.54) is 11.1 Å². The fourth-order valence-corrected chi connectivity index (χ4v) is 1.55. The molecule has 2 heteroatoms. The third-order valence-electron chi connectivity index (χ3n) is 2.66. The molecule has 0 bridgehead atoms. The SMILES string of the molecule is CCNCc1ccccc1CN(C)CC. The third kappa shape index (κ3) is 4.02. The lowest BCUT2D eigenvalue weighted by atomic mass is 10.1. The molecule has 1 aromatic carbocycles. The van der Waals surface area contributed by atoms with E-state index in [4.69, 9.17) is 0 Å². The van der Waals surface area contributed by atoms with Crippen LogP contribution in [0.4, 0.5) is 0 Å². The Morgan fingerprint density at radius 3 is 2.40 bits per heavy atom. The first-order chi connectivity index (χ1) is 7.27. The highest BCUT2D eigenvalue weighted by atomic mass is 15.1. The van der Waals surface area contributed by atoms with Gasteiger partial charge in [-0.25, -0.2) is 0 Å². The molecular formula is C13H22N2. The number of rotatable bonds is 6. The molecule has 0 aliphatic carbocycles. The monoisotopic (exact) mass is 206 g/mol. The maximum absolute atomic E-state index is 3.38. The summed E-state index contributed by atoms with van der Waals surface area (Å²) in [6.45, 7) is 8.46. The molecule has 0 aromatic heterocycles. The van der Waals surface area contributed by atoms with Crippen LogP contribution in [0.5, 0.6) is 0 Å². The average Bonchev–Trinajstić information content (AvgIpc) is 2.28. The van der Waals surface area contributed by atoms with Gasteiger partial charge in [0.25, 0.3) is 0 Å². The molecule has 0 fully saturated rings. The molecule has 0 aliphatic heterocycles. The summed E-state index contributed by atoms with van der Waals surface area (Å²) < 4.78 is 0. The van der Waals surface area contributed by atoms with E-state index in [-0.39, 0.29) is 0 Å². The smallest absolute Gasteiger partial charge is 0.0233 e. The van der Waals surface area contributed by atoms with Gasteiger partial charge in [0.2, 0.25) is 0 Å². The van der Waals surface area contributed by atoms with Gasteiger partial charge in [-0.2, -0.15) is 0 Å². The van der Waals surface area contributed by atoms with Gasteiger partial charge in [0, 0.05) is 13.1 Å². The first-order valence-corrected chi connectivity index (χ1v) is 5.74. The molecule has 2 nitrogen and oxygen atoms in total. The van der Waals surface area contributed by atoms with Gasteiger partial charge in [-0.15, -0.1) is 0 Å². The normalized spacial score (nSPS) is 10.9. The third-order valence-corrected chi connectivity index (χ3v) is 2.66. The molecule has 0 saturated heterocycles. The zero-order chi connectivity index (χ0) is 11.1. The molecule has 1 aromatic rings. The van der Waals surface area contributed by atoms with E-state index in [9.17, 15) is 0 Å². The van der Waals surface area contributed by atoms with Crippen LogP contribution in [-0.2, 0) is 13.1 Å². The number of hydrogen-bond acceptors (Lipinski definition) is 2. The highest BCUT2D eigenvalue weighted by Crippen LogP contribution is 2.10. The fourth-order valence-electron chi connectivity index (χ4n) is 1.55. The van der Waals surface area contributed by atoms with Gasteiger partial charge in [0.15, 0.2) is 0 Å². The second kappa shape index (κ2) is 6.59. The van der Waals surface area contributed by atoms with Crippen molar-refractivity contribution in [2.75, 3.05) is 20.1 Å². The minimum atomic E-state index is 0.976. The van der Waals surface area contributed by atoms with E-state index in [0.717, 1.165) is 26.2 Å². The Morgan fingerprint density at radius 2 is 1.80 bits per heavy atom. The summed E-state index contributed by atoms with van der Waals surface area (Å²) in [5.74, 6) is 0.